The third-order valence-corrected chi connectivity index (χ3v) is 9.77. The fourth-order valence-electron chi connectivity index (χ4n) is 7.65. The number of nitriles is 2. The number of hydrogen-bond donors (Lipinski definition) is 0. The van der Waals surface area contributed by atoms with Gasteiger partial charge in [0.2, 0.25) is 0 Å². The largest absolute Gasteiger partial charge is 0.311 e. The molecule has 0 radical (unpaired) electrons. The van der Waals surface area contributed by atoms with Crippen LogP contribution < -0.4 is 0 Å². The highest BCUT2D eigenvalue weighted by atomic mass is 15.1. The molecular formula is C42H38N4. The Bertz CT molecular complexity index is 2250. The molecule has 2 heterocycles. The van der Waals surface area contributed by atoms with Crippen LogP contribution in [-0.2, 0) is 0 Å². The molecule has 3 unspecified atom stereocenters. The minimum absolute atomic E-state index is 0.105. The first kappa shape index (κ1) is 29.4. The Morgan fingerprint density at radius 3 is 1.85 bits per heavy atom. The van der Waals surface area contributed by atoms with E-state index in [1.165, 1.54) is 21.9 Å². The van der Waals surface area contributed by atoms with Gasteiger partial charge in [0.25, 0.3) is 0 Å². The van der Waals surface area contributed by atoms with E-state index in [4.69, 9.17) is 0 Å². The summed E-state index contributed by atoms with van der Waals surface area (Å²) in [6.45, 7) is 9.03. The molecule has 4 nitrogen and oxygen atoms in total. The summed E-state index contributed by atoms with van der Waals surface area (Å²) in [5.74, 6) is 0.415. The van der Waals surface area contributed by atoms with Crippen molar-refractivity contribution in [3.63, 3.8) is 0 Å². The average Bonchev–Trinajstić information content (AvgIpc) is 3.58. The van der Waals surface area contributed by atoms with Crippen molar-refractivity contribution in [2.45, 2.75) is 52.4 Å². The van der Waals surface area contributed by atoms with Crippen LogP contribution in [-0.4, -0.2) is 9.13 Å². The monoisotopic (exact) mass is 598 g/mol. The van der Waals surface area contributed by atoms with Crippen molar-refractivity contribution in [1.29, 1.82) is 10.5 Å². The standard InChI is InChI=1S/C42H38N4/c1-5-37(42(29(26-44)22-23-43)46-39-20-12-8-16-31(39)32-17-9-13-21-40(32)46)45-38-19-11-10-18-33(38)36-24-35(30-15-7-6-14-28(30)4)34(27(2)3)25-41(36)45/h6-21,24-25,27-30H,5,22H2,1-4H3/b42-37-. The van der Waals surface area contributed by atoms with Crippen LogP contribution in [0.1, 0.15) is 63.5 Å². The molecule has 3 atom stereocenters. The molecule has 0 aliphatic heterocycles. The second kappa shape index (κ2) is 11.9. The number of hydrogen-bond acceptors (Lipinski definition) is 2. The number of benzene rings is 4. The summed E-state index contributed by atoms with van der Waals surface area (Å²) in [5, 5.41) is 25.4. The lowest BCUT2D eigenvalue weighted by atomic mass is 9.79. The first-order valence-electron chi connectivity index (χ1n) is 16.4. The van der Waals surface area contributed by atoms with Crippen LogP contribution in [0.4, 0.5) is 0 Å². The molecule has 0 saturated carbocycles. The summed E-state index contributed by atoms with van der Waals surface area (Å²) in [6.07, 6.45) is 9.76. The third kappa shape index (κ3) is 4.57. The molecule has 4 aromatic carbocycles. The van der Waals surface area contributed by atoms with Crippen molar-refractivity contribution in [2.75, 3.05) is 0 Å². The van der Waals surface area contributed by atoms with E-state index in [9.17, 15) is 10.5 Å². The van der Waals surface area contributed by atoms with Gasteiger partial charge >= 0.3 is 0 Å². The Hall–Kier alpha value is -5.32. The maximum atomic E-state index is 10.7. The van der Waals surface area contributed by atoms with Gasteiger partial charge in [-0.1, -0.05) is 107 Å². The minimum Gasteiger partial charge on any atom is -0.311 e. The maximum Gasteiger partial charge on any atom is 0.102 e. The molecule has 226 valence electrons. The van der Waals surface area contributed by atoms with Crippen LogP contribution in [0.25, 0.3) is 55.0 Å². The van der Waals surface area contributed by atoms with E-state index in [0.717, 1.165) is 44.2 Å². The highest BCUT2D eigenvalue weighted by molar-refractivity contribution is 6.14. The number of nitrogens with zero attached hydrogens (tertiary/aromatic N) is 4. The fraction of sp³-hybridized carbons (Fsp3) is 0.238. The van der Waals surface area contributed by atoms with Crippen LogP contribution in [0.2, 0.25) is 0 Å². The lowest BCUT2D eigenvalue weighted by Gasteiger charge is -2.26. The van der Waals surface area contributed by atoms with Gasteiger partial charge in [-0.05, 0) is 59.7 Å². The third-order valence-electron chi connectivity index (χ3n) is 9.77. The van der Waals surface area contributed by atoms with Crippen LogP contribution in [0.5, 0.6) is 0 Å². The Kier molecular flexibility index (Phi) is 7.59. The van der Waals surface area contributed by atoms with Crippen LogP contribution in [0, 0.1) is 34.5 Å². The number of aromatic nitrogens is 2. The van der Waals surface area contributed by atoms with Gasteiger partial charge in [0.05, 0.1) is 46.3 Å². The number of para-hydroxylation sites is 3. The lowest BCUT2D eigenvalue weighted by Crippen LogP contribution is -2.14. The zero-order valence-electron chi connectivity index (χ0n) is 26.9. The van der Waals surface area contributed by atoms with Gasteiger partial charge in [-0.3, -0.25) is 0 Å². The van der Waals surface area contributed by atoms with E-state index in [1.807, 2.05) is 0 Å². The molecule has 1 aliphatic rings. The number of allylic oxidation sites excluding steroid dienone is 6. The van der Waals surface area contributed by atoms with Gasteiger partial charge in [0.1, 0.15) is 5.92 Å². The smallest absolute Gasteiger partial charge is 0.102 e. The fourth-order valence-corrected chi connectivity index (χ4v) is 7.65. The Morgan fingerprint density at radius 2 is 1.30 bits per heavy atom. The van der Waals surface area contributed by atoms with Gasteiger partial charge in [0, 0.05) is 33.2 Å². The van der Waals surface area contributed by atoms with E-state index < -0.39 is 5.92 Å². The highest BCUT2D eigenvalue weighted by Crippen LogP contribution is 2.44. The van der Waals surface area contributed by atoms with Gasteiger partial charge in [0.15, 0.2) is 0 Å². The van der Waals surface area contributed by atoms with Crippen LogP contribution in [0.15, 0.2) is 109 Å². The summed E-state index contributed by atoms with van der Waals surface area (Å²) in [4.78, 5) is 0. The average molecular weight is 599 g/mol. The normalized spacial score (nSPS) is 17.5. The topological polar surface area (TPSA) is 57.4 Å². The summed E-state index contributed by atoms with van der Waals surface area (Å²) < 4.78 is 4.65. The Morgan fingerprint density at radius 1 is 0.739 bits per heavy atom. The second-order valence-electron chi connectivity index (χ2n) is 12.8. The molecule has 2 aromatic heterocycles. The van der Waals surface area contributed by atoms with Crippen LogP contribution in [0.3, 0.4) is 0 Å². The Balaban J connectivity index is 1.65. The molecule has 0 saturated heterocycles. The molecule has 0 amide bonds. The van der Waals surface area contributed by atoms with E-state index in [-0.39, 0.29) is 6.42 Å². The van der Waals surface area contributed by atoms with Crippen molar-refractivity contribution >= 4 is 55.0 Å². The van der Waals surface area contributed by atoms with E-state index in [1.54, 1.807) is 0 Å². The van der Waals surface area contributed by atoms with Crippen molar-refractivity contribution in [1.82, 2.24) is 9.13 Å². The molecule has 0 bridgehead atoms. The number of fused-ring (bicyclic) bond motifs is 6. The molecule has 4 heteroatoms. The van der Waals surface area contributed by atoms with Crippen LogP contribution >= 0.6 is 0 Å². The highest BCUT2D eigenvalue weighted by Gasteiger charge is 2.28. The maximum absolute atomic E-state index is 10.7. The molecule has 0 fully saturated rings. The predicted molar refractivity (Wildman–Crippen MR) is 192 cm³/mol. The van der Waals surface area contributed by atoms with Gasteiger partial charge in [-0.2, -0.15) is 10.5 Å². The SMILES string of the molecule is CC/C(=C(\C(C#N)CC#N)n1c2ccccc2c2ccccc21)n1c2ccccc2c2cc(C3C=CC=CC3C)c(C(C)C)cc21. The summed E-state index contributed by atoms with van der Waals surface area (Å²) in [6, 6.07) is 35.2. The molecule has 0 N–H and O–H groups in total. The second-order valence-corrected chi connectivity index (χ2v) is 12.8. The molecule has 0 spiro atoms. The van der Waals surface area contributed by atoms with Gasteiger partial charge in [-0.15, -0.1) is 0 Å². The van der Waals surface area contributed by atoms with Gasteiger partial charge < -0.3 is 9.13 Å². The summed E-state index contributed by atoms with van der Waals surface area (Å²) in [5.41, 5.74) is 8.96. The van der Waals surface area contributed by atoms with Crippen molar-refractivity contribution in [3.05, 3.63) is 120 Å². The first-order chi connectivity index (χ1) is 22.5. The first-order valence-corrected chi connectivity index (χ1v) is 16.4. The zero-order chi connectivity index (χ0) is 31.9. The van der Waals surface area contributed by atoms with E-state index >= 15 is 0 Å². The Labute approximate surface area is 270 Å². The van der Waals surface area contributed by atoms with Crippen molar-refractivity contribution in [3.8, 4) is 12.1 Å². The van der Waals surface area contributed by atoms with Crippen molar-refractivity contribution in [2.24, 2.45) is 11.8 Å². The summed E-state index contributed by atoms with van der Waals surface area (Å²) >= 11 is 0. The zero-order valence-corrected chi connectivity index (χ0v) is 26.9. The molecule has 46 heavy (non-hydrogen) atoms. The predicted octanol–water partition coefficient (Wildman–Crippen LogP) is 11.2. The molecule has 7 rings (SSSR count). The molecular weight excluding hydrogens is 560 g/mol. The van der Waals surface area contributed by atoms with Crippen molar-refractivity contribution < 1.29 is 0 Å². The number of rotatable bonds is 7. The molecule has 1 aliphatic carbocycles. The van der Waals surface area contributed by atoms with E-state index in [0.29, 0.717) is 24.2 Å². The molecule has 6 aromatic rings. The summed E-state index contributed by atoms with van der Waals surface area (Å²) in [7, 11) is 0. The van der Waals surface area contributed by atoms with E-state index in [2.05, 4.69) is 158 Å². The quantitative estimate of drug-likeness (QED) is 0.183. The minimum atomic E-state index is -0.626. The lowest BCUT2D eigenvalue weighted by molar-refractivity contribution is 0.625. The van der Waals surface area contributed by atoms with Gasteiger partial charge in [-0.25, -0.2) is 0 Å².